The predicted octanol–water partition coefficient (Wildman–Crippen LogP) is 3.21. The Morgan fingerprint density at radius 1 is 1.41 bits per heavy atom. The Balaban J connectivity index is 1.76. The Morgan fingerprint density at radius 3 is 3.00 bits per heavy atom. The van der Waals surface area contributed by atoms with Crippen molar-refractivity contribution < 1.29 is 13.7 Å². The van der Waals surface area contributed by atoms with Crippen LogP contribution >= 0.6 is 11.3 Å². The summed E-state index contributed by atoms with van der Waals surface area (Å²) >= 11 is 1.47. The highest BCUT2D eigenvalue weighted by molar-refractivity contribution is 7.07. The number of amides is 1. The van der Waals surface area contributed by atoms with Gasteiger partial charge in [0.15, 0.2) is 0 Å². The highest BCUT2D eigenvalue weighted by atomic mass is 32.1. The first kappa shape index (κ1) is 14.4. The summed E-state index contributed by atoms with van der Waals surface area (Å²) in [6.07, 6.45) is 0. The van der Waals surface area contributed by atoms with E-state index in [4.69, 9.17) is 4.52 Å². The lowest BCUT2D eigenvalue weighted by Gasteiger charge is -2.13. The van der Waals surface area contributed by atoms with E-state index >= 15 is 0 Å². The predicted molar refractivity (Wildman–Crippen MR) is 79.8 cm³/mol. The van der Waals surface area contributed by atoms with Crippen LogP contribution in [0.15, 0.2) is 45.7 Å². The Hall–Kier alpha value is -2.54. The van der Waals surface area contributed by atoms with Gasteiger partial charge in [0.05, 0.1) is 17.7 Å². The number of nitrogens with zero attached hydrogens (tertiary/aromatic N) is 3. The topological polar surface area (TPSA) is 59.2 Å². The van der Waals surface area contributed by atoms with Gasteiger partial charge in [-0.1, -0.05) is 17.3 Å². The SMILES string of the molecule is CN(Cc1cscn1)C(=O)c1cc(-c2cccc(F)c2)no1. The van der Waals surface area contributed by atoms with E-state index in [0.29, 0.717) is 17.8 Å². The normalized spacial score (nSPS) is 10.6. The minimum absolute atomic E-state index is 0.108. The molecule has 0 aliphatic carbocycles. The summed E-state index contributed by atoms with van der Waals surface area (Å²) in [5.41, 5.74) is 3.50. The van der Waals surface area contributed by atoms with Gasteiger partial charge in [-0.05, 0) is 12.1 Å². The second-order valence-corrected chi connectivity index (χ2v) is 5.45. The summed E-state index contributed by atoms with van der Waals surface area (Å²) in [6.45, 7) is 0.387. The standard InChI is InChI=1S/C15H12FN3O2S/c1-19(7-12-8-22-9-17-12)15(20)14-6-13(18-21-14)10-3-2-4-11(16)5-10/h2-6,8-9H,7H2,1H3. The number of aromatic nitrogens is 2. The molecular weight excluding hydrogens is 305 g/mol. The quantitative estimate of drug-likeness (QED) is 0.741. The molecule has 0 bridgehead atoms. The van der Waals surface area contributed by atoms with Gasteiger partial charge >= 0.3 is 0 Å². The van der Waals surface area contributed by atoms with E-state index in [1.807, 2.05) is 5.38 Å². The van der Waals surface area contributed by atoms with Gasteiger partial charge in [0.25, 0.3) is 5.91 Å². The second-order valence-electron chi connectivity index (χ2n) is 4.73. The Kier molecular flexibility index (Phi) is 3.97. The first-order valence-electron chi connectivity index (χ1n) is 6.48. The number of benzene rings is 1. The van der Waals surface area contributed by atoms with Crippen LogP contribution in [0.5, 0.6) is 0 Å². The number of carbonyl (C=O) groups is 1. The van der Waals surface area contributed by atoms with Crippen molar-refractivity contribution in [1.29, 1.82) is 0 Å². The van der Waals surface area contributed by atoms with Crippen LogP contribution in [0.3, 0.4) is 0 Å². The molecule has 1 aromatic carbocycles. The van der Waals surface area contributed by atoms with Crippen molar-refractivity contribution in [2.45, 2.75) is 6.54 Å². The molecule has 3 rings (SSSR count). The molecule has 0 spiro atoms. The maximum Gasteiger partial charge on any atom is 0.292 e. The number of rotatable bonds is 4. The van der Waals surface area contributed by atoms with Crippen LogP contribution in [0.25, 0.3) is 11.3 Å². The highest BCUT2D eigenvalue weighted by Gasteiger charge is 2.19. The zero-order valence-corrected chi connectivity index (χ0v) is 12.5. The lowest BCUT2D eigenvalue weighted by Crippen LogP contribution is -2.25. The van der Waals surface area contributed by atoms with Gasteiger partial charge in [0, 0.05) is 24.1 Å². The molecule has 0 atom stereocenters. The van der Waals surface area contributed by atoms with Crippen molar-refractivity contribution in [3.63, 3.8) is 0 Å². The maximum atomic E-state index is 13.2. The largest absolute Gasteiger partial charge is 0.350 e. The van der Waals surface area contributed by atoms with Gasteiger partial charge in [-0.3, -0.25) is 4.79 Å². The van der Waals surface area contributed by atoms with Crippen LogP contribution in [0, 0.1) is 5.82 Å². The molecule has 22 heavy (non-hydrogen) atoms. The number of hydrogen-bond acceptors (Lipinski definition) is 5. The highest BCUT2D eigenvalue weighted by Crippen LogP contribution is 2.20. The Morgan fingerprint density at radius 2 is 2.27 bits per heavy atom. The molecule has 0 fully saturated rings. The van der Waals surface area contributed by atoms with Crippen molar-refractivity contribution in [2.24, 2.45) is 0 Å². The smallest absolute Gasteiger partial charge is 0.292 e. The molecule has 112 valence electrons. The zero-order chi connectivity index (χ0) is 15.5. The molecular formula is C15H12FN3O2S. The first-order chi connectivity index (χ1) is 10.6. The van der Waals surface area contributed by atoms with E-state index < -0.39 is 0 Å². The Labute approximate surface area is 130 Å². The van der Waals surface area contributed by atoms with Crippen molar-refractivity contribution in [2.75, 3.05) is 7.05 Å². The first-order valence-corrected chi connectivity index (χ1v) is 7.43. The lowest BCUT2D eigenvalue weighted by atomic mass is 10.1. The van der Waals surface area contributed by atoms with E-state index in [-0.39, 0.29) is 17.5 Å². The van der Waals surface area contributed by atoms with E-state index in [0.717, 1.165) is 5.69 Å². The molecule has 1 amide bonds. The zero-order valence-electron chi connectivity index (χ0n) is 11.7. The van der Waals surface area contributed by atoms with Gasteiger partial charge < -0.3 is 9.42 Å². The minimum Gasteiger partial charge on any atom is -0.350 e. The average molecular weight is 317 g/mol. The van der Waals surface area contributed by atoms with Crippen LogP contribution in [-0.4, -0.2) is 28.0 Å². The maximum absolute atomic E-state index is 13.2. The van der Waals surface area contributed by atoms with Crippen LogP contribution in [-0.2, 0) is 6.54 Å². The monoisotopic (exact) mass is 317 g/mol. The molecule has 0 unspecified atom stereocenters. The molecule has 7 heteroatoms. The molecule has 5 nitrogen and oxygen atoms in total. The molecule has 0 saturated heterocycles. The number of halogens is 1. The molecule has 0 radical (unpaired) electrons. The fourth-order valence-electron chi connectivity index (χ4n) is 1.98. The molecule has 0 aliphatic heterocycles. The third kappa shape index (κ3) is 3.04. The van der Waals surface area contributed by atoms with E-state index in [2.05, 4.69) is 10.1 Å². The third-order valence-corrected chi connectivity index (χ3v) is 3.71. The van der Waals surface area contributed by atoms with Crippen LogP contribution in [0.1, 0.15) is 16.2 Å². The van der Waals surface area contributed by atoms with Gasteiger partial charge in [0.2, 0.25) is 5.76 Å². The van der Waals surface area contributed by atoms with Gasteiger partial charge in [-0.25, -0.2) is 9.37 Å². The van der Waals surface area contributed by atoms with E-state index in [1.54, 1.807) is 24.7 Å². The fraction of sp³-hybridized carbons (Fsp3) is 0.133. The van der Waals surface area contributed by atoms with E-state index in [9.17, 15) is 9.18 Å². The summed E-state index contributed by atoms with van der Waals surface area (Å²) in [7, 11) is 1.66. The van der Waals surface area contributed by atoms with E-state index in [1.165, 1.54) is 34.4 Å². The second kappa shape index (κ2) is 6.07. The van der Waals surface area contributed by atoms with Crippen molar-refractivity contribution in [3.8, 4) is 11.3 Å². The molecule has 2 heterocycles. The van der Waals surface area contributed by atoms with Gasteiger partial charge in [0.1, 0.15) is 11.5 Å². The van der Waals surface area contributed by atoms with Crippen LogP contribution in [0.2, 0.25) is 0 Å². The van der Waals surface area contributed by atoms with Gasteiger partial charge in [-0.2, -0.15) is 0 Å². The van der Waals surface area contributed by atoms with Crippen molar-refractivity contribution in [3.05, 3.63) is 58.5 Å². The van der Waals surface area contributed by atoms with Crippen LogP contribution < -0.4 is 0 Å². The third-order valence-electron chi connectivity index (χ3n) is 3.07. The van der Waals surface area contributed by atoms with Crippen LogP contribution in [0.4, 0.5) is 4.39 Å². The van der Waals surface area contributed by atoms with Gasteiger partial charge in [-0.15, -0.1) is 11.3 Å². The number of hydrogen-bond donors (Lipinski definition) is 0. The minimum atomic E-state index is -0.367. The lowest BCUT2D eigenvalue weighted by molar-refractivity contribution is 0.0742. The number of thiazole rings is 1. The molecule has 3 aromatic rings. The Bertz CT molecular complexity index is 786. The number of carbonyl (C=O) groups excluding carboxylic acids is 1. The molecule has 2 aromatic heterocycles. The summed E-state index contributed by atoms with van der Waals surface area (Å²) in [5.74, 6) is -0.561. The summed E-state index contributed by atoms with van der Waals surface area (Å²) < 4.78 is 18.3. The summed E-state index contributed by atoms with van der Waals surface area (Å²) in [4.78, 5) is 17.9. The summed E-state index contributed by atoms with van der Waals surface area (Å²) in [5, 5.41) is 5.70. The molecule has 0 saturated carbocycles. The molecule has 0 N–H and O–H groups in total. The average Bonchev–Trinajstić information content (AvgIpc) is 3.17. The van der Waals surface area contributed by atoms with Crippen molar-refractivity contribution >= 4 is 17.2 Å². The fourth-order valence-corrected chi connectivity index (χ4v) is 2.53. The molecule has 0 aliphatic rings. The summed E-state index contributed by atoms with van der Waals surface area (Å²) in [6, 6.07) is 7.47. The van der Waals surface area contributed by atoms with Crippen molar-refractivity contribution in [1.82, 2.24) is 15.0 Å².